The van der Waals surface area contributed by atoms with Crippen LogP contribution in [-0.4, -0.2) is 42.5 Å². The standard InChI is InChI=1S/C17H18N2O3S2/c18-16(20)14-10-19(7-8-22-14)17(21)13-5-1-2-6-15(13)24-11-12-4-3-9-23-12/h1-6,9,14H,7-8,10-11H2,(H2,18,20). The highest BCUT2D eigenvalue weighted by Crippen LogP contribution is 2.29. The first-order valence-electron chi connectivity index (χ1n) is 7.59. The molecule has 0 bridgehead atoms. The maximum Gasteiger partial charge on any atom is 0.255 e. The number of benzene rings is 1. The Morgan fingerprint density at radius 1 is 1.29 bits per heavy atom. The maximum absolute atomic E-state index is 12.9. The van der Waals surface area contributed by atoms with Gasteiger partial charge in [-0.05, 0) is 23.6 Å². The molecule has 5 nitrogen and oxygen atoms in total. The fourth-order valence-electron chi connectivity index (χ4n) is 2.49. The summed E-state index contributed by atoms with van der Waals surface area (Å²) in [5, 5.41) is 2.05. The van der Waals surface area contributed by atoms with E-state index in [2.05, 4.69) is 6.07 Å². The third kappa shape index (κ3) is 3.98. The summed E-state index contributed by atoms with van der Waals surface area (Å²) in [6, 6.07) is 11.7. The van der Waals surface area contributed by atoms with Gasteiger partial charge in [-0.1, -0.05) is 18.2 Å². The Balaban J connectivity index is 1.73. The molecule has 126 valence electrons. The molecule has 24 heavy (non-hydrogen) atoms. The highest BCUT2D eigenvalue weighted by molar-refractivity contribution is 7.98. The van der Waals surface area contributed by atoms with Gasteiger partial charge in [-0.2, -0.15) is 0 Å². The van der Waals surface area contributed by atoms with E-state index in [1.807, 2.05) is 35.7 Å². The van der Waals surface area contributed by atoms with Crippen molar-refractivity contribution in [2.24, 2.45) is 5.73 Å². The Labute approximate surface area is 148 Å². The number of amides is 2. The monoisotopic (exact) mass is 362 g/mol. The number of rotatable bonds is 5. The summed E-state index contributed by atoms with van der Waals surface area (Å²) >= 11 is 3.35. The minimum absolute atomic E-state index is 0.0844. The Morgan fingerprint density at radius 3 is 2.88 bits per heavy atom. The molecule has 1 saturated heterocycles. The minimum atomic E-state index is -0.728. The lowest BCUT2D eigenvalue weighted by Gasteiger charge is -2.31. The van der Waals surface area contributed by atoms with Gasteiger partial charge in [-0.25, -0.2) is 0 Å². The fourth-order valence-corrected chi connectivity index (χ4v) is 4.31. The summed E-state index contributed by atoms with van der Waals surface area (Å²) < 4.78 is 5.31. The molecule has 1 aromatic carbocycles. The lowest BCUT2D eigenvalue weighted by molar-refractivity contribution is -0.133. The number of carbonyl (C=O) groups is 2. The quantitative estimate of drug-likeness (QED) is 0.829. The molecule has 2 aromatic rings. The SMILES string of the molecule is NC(=O)C1CN(C(=O)c2ccccc2SCc2cccs2)CCO1. The summed E-state index contributed by atoms with van der Waals surface area (Å²) in [7, 11) is 0. The van der Waals surface area contributed by atoms with Gasteiger partial charge in [0, 0.05) is 22.1 Å². The van der Waals surface area contributed by atoms with E-state index in [1.54, 1.807) is 28.0 Å². The molecule has 3 rings (SSSR count). The first-order chi connectivity index (χ1) is 11.6. The maximum atomic E-state index is 12.9. The topological polar surface area (TPSA) is 72.6 Å². The third-order valence-electron chi connectivity index (χ3n) is 3.74. The average Bonchev–Trinajstić information content (AvgIpc) is 3.13. The van der Waals surface area contributed by atoms with Gasteiger partial charge in [-0.3, -0.25) is 9.59 Å². The molecule has 0 spiro atoms. The van der Waals surface area contributed by atoms with E-state index in [4.69, 9.17) is 10.5 Å². The van der Waals surface area contributed by atoms with Crippen molar-refractivity contribution in [3.8, 4) is 0 Å². The van der Waals surface area contributed by atoms with E-state index >= 15 is 0 Å². The molecule has 0 saturated carbocycles. The zero-order valence-corrected chi connectivity index (χ0v) is 14.6. The first-order valence-corrected chi connectivity index (χ1v) is 9.46. The lowest BCUT2D eigenvalue weighted by atomic mass is 10.1. The number of morpholine rings is 1. The Bertz CT molecular complexity index is 718. The van der Waals surface area contributed by atoms with Crippen molar-refractivity contribution in [3.63, 3.8) is 0 Å². The van der Waals surface area contributed by atoms with Crippen molar-refractivity contribution >= 4 is 34.9 Å². The van der Waals surface area contributed by atoms with Crippen molar-refractivity contribution in [1.82, 2.24) is 4.90 Å². The minimum Gasteiger partial charge on any atom is -0.367 e. The van der Waals surface area contributed by atoms with Gasteiger partial charge in [0.15, 0.2) is 6.10 Å². The van der Waals surface area contributed by atoms with Crippen LogP contribution in [0.15, 0.2) is 46.7 Å². The van der Waals surface area contributed by atoms with E-state index in [0.29, 0.717) is 18.7 Å². The second-order valence-electron chi connectivity index (χ2n) is 5.38. The molecular formula is C17H18N2O3S2. The van der Waals surface area contributed by atoms with Gasteiger partial charge >= 0.3 is 0 Å². The fraction of sp³-hybridized carbons (Fsp3) is 0.294. The molecule has 7 heteroatoms. The van der Waals surface area contributed by atoms with Crippen molar-refractivity contribution < 1.29 is 14.3 Å². The van der Waals surface area contributed by atoms with Crippen LogP contribution in [-0.2, 0) is 15.3 Å². The zero-order valence-electron chi connectivity index (χ0n) is 13.0. The lowest BCUT2D eigenvalue weighted by Crippen LogP contribution is -2.50. The highest BCUT2D eigenvalue weighted by Gasteiger charge is 2.29. The van der Waals surface area contributed by atoms with Gasteiger partial charge in [-0.15, -0.1) is 23.1 Å². The van der Waals surface area contributed by atoms with E-state index in [1.165, 1.54) is 4.88 Å². The number of primary amides is 1. The first kappa shape index (κ1) is 17.0. The van der Waals surface area contributed by atoms with Crippen molar-refractivity contribution in [2.45, 2.75) is 16.8 Å². The smallest absolute Gasteiger partial charge is 0.255 e. The van der Waals surface area contributed by atoms with Crippen LogP contribution in [0.1, 0.15) is 15.2 Å². The summed E-state index contributed by atoms with van der Waals surface area (Å²) in [6.45, 7) is 0.995. The van der Waals surface area contributed by atoms with E-state index in [9.17, 15) is 9.59 Å². The predicted octanol–water partition coefficient (Wildman–Crippen LogP) is 2.37. The van der Waals surface area contributed by atoms with Crippen molar-refractivity contribution in [3.05, 3.63) is 52.2 Å². The van der Waals surface area contributed by atoms with Gasteiger partial charge in [0.2, 0.25) is 5.91 Å². The predicted molar refractivity (Wildman–Crippen MR) is 95.2 cm³/mol. The molecule has 2 heterocycles. The normalized spacial score (nSPS) is 17.7. The Hall–Kier alpha value is -1.83. The Morgan fingerprint density at radius 2 is 2.12 bits per heavy atom. The summed E-state index contributed by atoms with van der Waals surface area (Å²) in [5.41, 5.74) is 5.95. The molecule has 0 radical (unpaired) electrons. The van der Waals surface area contributed by atoms with Crippen molar-refractivity contribution in [1.29, 1.82) is 0 Å². The number of thiophene rings is 1. The van der Waals surface area contributed by atoms with Crippen LogP contribution in [0.5, 0.6) is 0 Å². The van der Waals surface area contributed by atoms with Crippen LogP contribution in [0.3, 0.4) is 0 Å². The summed E-state index contributed by atoms with van der Waals surface area (Å²) in [4.78, 5) is 28.0. The third-order valence-corrected chi connectivity index (χ3v) is 5.92. The second-order valence-corrected chi connectivity index (χ2v) is 7.43. The number of nitrogens with zero attached hydrogens (tertiary/aromatic N) is 1. The summed E-state index contributed by atoms with van der Waals surface area (Å²) in [5.74, 6) is 0.210. The molecule has 2 N–H and O–H groups in total. The van der Waals surface area contributed by atoms with E-state index in [-0.39, 0.29) is 12.5 Å². The molecule has 0 aliphatic carbocycles. The van der Waals surface area contributed by atoms with Crippen LogP contribution in [0, 0.1) is 0 Å². The number of ether oxygens (including phenoxy) is 1. The summed E-state index contributed by atoms with van der Waals surface area (Å²) in [6.07, 6.45) is -0.728. The largest absolute Gasteiger partial charge is 0.367 e. The van der Waals surface area contributed by atoms with Crippen LogP contribution in [0.25, 0.3) is 0 Å². The molecule has 1 aliphatic rings. The molecule has 1 atom stereocenters. The second kappa shape index (κ2) is 7.83. The van der Waals surface area contributed by atoms with Crippen LogP contribution in [0.2, 0.25) is 0 Å². The van der Waals surface area contributed by atoms with E-state index < -0.39 is 12.0 Å². The number of hydrogen-bond acceptors (Lipinski definition) is 5. The van der Waals surface area contributed by atoms with Gasteiger partial charge in [0.25, 0.3) is 5.91 Å². The average molecular weight is 362 g/mol. The zero-order chi connectivity index (χ0) is 16.9. The molecular weight excluding hydrogens is 344 g/mol. The van der Waals surface area contributed by atoms with Gasteiger partial charge in [0.05, 0.1) is 18.7 Å². The molecule has 1 aliphatic heterocycles. The van der Waals surface area contributed by atoms with Crippen LogP contribution in [0.4, 0.5) is 0 Å². The van der Waals surface area contributed by atoms with Crippen molar-refractivity contribution in [2.75, 3.05) is 19.7 Å². The molecule has 1 unspecified atom stereocenters. The number of hydrogen-bond donors (Lipinski definition) is 1. The van der Waals surface area contributed by atoms with Crippen LogP contribution >= 0.6 is 23.1 Å². The number of carbonyl (C=O) groups excluding carboxylic acids is 2. The van der Waals surface area contributed by atoms with Crippen LogP contribution < -0.4 is 5.73 Å². The van der Waals surface area contributed by atoms with Gasteiger partial charge in [0.1, 0.15) is 0 Å². The highest BCUT2D eigenvalue weighted by atomic mass is 32.2. The molecule has 2 amide bonds. The Kier molecular flexibility index (Phi) is 5.55. The van der Waals surface area contributed by atoms with Gasteiger partial charge < -0.3 is 15.4 Å². The number of thioether (sulfide) groups is 1. The molecule has 1 aromatic heterocycles. The van der Waals surface area contributed by atoms with E-state index in [0.717, 1.165) is 10.6 Å². The number of nitrogens with two attached hydrogens (primary N) is 1. The molecule has 1 fully saturated rings.